The van der Waals surface area contributed by atoms with E-state index in [1.165, 1.54) is 24.3 Å². The number of H-pyrrole nitrogens is 1. The Morgan fingerprint density at radius 1 is 0.857 bits per heavy atom. The van der Waals surface area contributed by atoms with Crippen LogP contribution in [0.15, 0.2) is 71.5 Å². The molecule has 0 saturated heterocycles. The fourth-order valence-electron chi connectivity index (χ4n) is 4.34. The largest absolute Gasteiger partial charge is 0.272 e. The predicted molar refractivity (Wildman–Crippen MR) is 103 cm³/mol. The maximum Gasteiger partial charge on any atom is 0.272 e. The summed E-state index contributed by atoms with van der Waals surface area (Å²) < 4.78 is 27.0. The smallest absolute Gasteiger partial charge is 0.267 e. The van der Waals surface area contributed by atoms with Crippen molar-refractivity contribution in [2.24, 2.45) is 0 Å². The van der Waals surface area contributed by atoms with Crippen LogP contribution < -0.4 is 5.56 Å². The van der Waals surface area contributed by atoms with Crippen molar-refractivity contribution in [2.45, 2.75) is 18.3 Å². The monoisotopic (exact) mass is 374 g/mol. The van der Waals surface area contributed by atoms with E-state index in [1.807, 2.05) is 12.1 Å². The summed E-state index contributed by atoms with van der Waals surface area (Å²) in [5.74, 6) is -0.788. The summed E-state index contributed by atoms with van der Waals surface area (Å²) in [5.41, 5.74) is 3.47. The number of hydrogen-bond donors (Lipinski definition) is 1. The minimum atomic E-state index is -0.308. The average Bonchev–Trinajstić information content (AvgIpc) is 2.71. The standard InChI is InChI=1S/C23H16F2N2O/c24-16-8-4-13(5-9-16)19-12-15-2-1-3-18-21(15)22(26-27-23(18)28)20(19)14-6-10-17(25)11-7-14/h1-11,19-20H,12H2,(H,27,28). The van der Waals surface area contributed by atoms with Gasteiger partial charge in [0.2, 0.25) is 0 Å². The Morgan fingerprint density at radius 2 is 1.50 bits per heavy atom. The third-order valence-electron chi connectivity index (χ3n) is 5.59. The summed E-state index contributed by atoms with van der Waals surface area (Å²) >= 11 is 0. The number of hydrogen-bond acceptors (Lipinski definition) is 2. The van der Waals surface area contributed by atoms with Gasteiger partial charge in [-0.15, -0.1) is 0 Å². The van der Waals surface area contributed by atoms with E-state index in [1.54, 1.807) is 30.3 Å². The first kappa shape index (κ1) is 16.8. The fourth-order valence-corrected chi connectivity index (χ4v) is 4.34. The lowest BCUT2D eigenvalue weighted by molar-refractivity contribution is 0.566. The van der Waals surface area contributed by atoms with Gasteiger partial charge in [-0.25, -0.2) is 13.9 Å². The molecule has 0 aliphatic heterocycles. The lowest BCUT2D eigenvalue weighted by Crippen LogP contribution is -2.25. The number of aromatic amines is 1. The SMILES string of the molecule is O=c1[nH]nc2c3c(cccc13)CC(c1ccc(F)cc1)C2c1ccc(F)cc1. The molecule has 138 valence electrons. The van der Waals surface area contributed by atoms with Crippen molar-refractivity contribution < 1.29 is 8.78 Å². The van der Waals surface area contributed by atoms with E-state index in [0.29, 0.717) is 11.8 Å². The average molecular weight is 374 g/mol. The predicted octanol–water partition coefficient (Wildman–Crippen LogP) is 4.67. The summed E-state index contributed by atoms with van der Waals surface area (Å²) in [7, 11) is 0. The summed E-state index contributed by atoms with van der Waals surface area (Å²) in [6.07, 6.45) is 0.684. The molecule has 0 fully saturated rings. The molecule has 2 unspecified atom stereocenters. The lowest BCUT2D eigenvalue weighted by atomic mass is 9.71. The van der Waals surface area contributed by atoms with Crippen LogP contribution in [0.2, 0.25) is 0 Å². The van der Waals surface area contributed by atoms with E-state index < -0.39 is 0 Å². The summed E-state index contributed by atoms with van der Waals surface area (Å²) in [5, 5.41) is 8.48. The molecule has 0 amide bonds. The highest BCUT2D eigenvalue weighted by Gasteiger charge is 2.34. The van der Waals surface area contributed by atoms with E-state index in [-0.39, 0.29) is 29.0 Å². The topological polar surface area (TPSA) is 45.8 Å². The molecule has 0 spiro atoms. The first-order chi connectivity index (χ1) is 13.6. The molecular formula is C23H16F2N2O. The van der Waals surface area contributed by atoms with Crippen molar-refractivity contribution in [3.05, 3.63) is 111 Å². The Bertz CT molecular complexity index is 1230. The van der Waals surface area contributed by atoms with Crippen molar-refractivity contribution in [3.63, 3.8) is 0 Å². The zero-order valence-electron chi connectivity index (χ0n) is 14.8. The van der Waals surface area contributed by atoms with Crippen molar-refractivity contribution in [2.75, 3.05) is 0 Å². The molecule has 2 atom stereocenters. The highest BCUT2D eigenvalue weighted by molar-refractivity contribution is 5.89. The summed E-state index contributed by atoms with van der Waals surface area (Å²) in [4.78, 5) is 12.3. The second-order valence-electron chi connectivity index (χ2n) is 7.17. The van der Waals surface area contributed by atoms with Crippen LogP contribution in [0.1, 0.15) is 34.2 Å². The fraction of sp³-hybridized carbons (Fsp3) is 0.130. The highest BCUT2D eigenvalue weighted by Crippen LogP contribution is 2.46. The Labute approximate surface area is 159 Å². The zero-order valence-corrected chi connectivity index (χ0v) is 14.8. The maximum atomic E-state index is 13.5. The third kappa shape index (κ3) is 2.62. The third-order valence-corrected chi connectivity index (χ3v) is 5.59. The minimum absolute atomic E-state index is 0.0115. The van der Waals surface area contributed by atoms with Crippen LogP contribution in [0.25, 0.3) is 10.8 Å². The first-order valence-corrected chi connectivity index (χ1v) is 9.13. The van der Waals surface area contributed by atoms with E-state index in [4.69, 9.17) is 0 Å². The highest BCUT2D eigenvalue weighted by atomic mass is 19.1. The summed E-state index contributed by atoms with van der Waals surface area (Å²) in [6, 6.07) is 18.5. The van der Waals surface area contributed by atoms with Crippen molar-refractivity contribution >= 4 is 10.8 Å². The van der Waals surface area contributed by atoms with Crippen LogP contribution in [0, 0.1) is 11.6 Å². The van der Waals surface area contributed by atoms with Gasteiger partial charge < -0.3 is 0 Å². The summed E-state index contributed by atoms with van der Waals surface area (Å²) in [6.45, 7) is 0. The van der Waals surface area contributed by atoms with Gasteiger partial charge in [-0.3, -0.25) is 4.79 Å². The van der Waals surface area contributed by atoms with E-state index in [2.05, 4.69) is 10.2 Å². The number of benzene rings is 3. The van der Waals surface area contributed by atoms with Crippen molar-refractivity contribution in [1.82, 2.24) is 10.2 Å². The van der Waals surface area contributed by atoms with Crippen LogP contribution >= 0.6 is 0 Å². The number of halogens is 2. The van der Waals surface area contributed by atoms with Crippen molar-refractivity contribution in [1.29, 1.82) is 0 Å². The molecule has 0 bridgehead atoms. The number of nitrogens with zero attached hydrogens (tertiary/aromatic N) is 1. The quantitative estimate of drug-likeness (QED) is 0.554. The first-order valence-electron chi connectivity index (χ1n) is 9.13. The van der Waals surface area contributed by atoms with Gasteiger partial charge in [-0.1, -0.05) is 36.4 Å². The van der Waals surface area contributed by atoms with Crippen LogP contribution in [-0.2, 0) is 6.42 Å². The van der Waals surface area contributed by atoms with Gasteiger partial charge >= 0.3 is 0 Å². The van der Waals surface area contributed by atoms with Crippen molar-refractivity contribution in [3.8, 4) is 0 Å². The van der Waals surface area contributed by atoms with Crippen LogP contribution in [-0.4, -0.2) is 10.2 Å². The van der Waals surface area contributed by atoms with Gasteiger partial charge in [0.1, 0.15) is 11.6 Å². The molecule has 1 heterocycles. The van der Waals surface area contributed by atoms with Gasteiger partial charge in [0.15, 0.2) is 0 Å². The molecule has 3 nitrogen and oxygen atoms in total. The Morgan fingerprint density at radius 3 is 2.18 bits per heavy atom. The molecule has 5 rings (SSSR count). The number of aromatic nitrogens is 2. The van der Waals surface area contributed by atoms with Gasteiger partial charge in [-0.05, 0) is 53.4 Å². The number of nitrogens with one attached hydrogen (secondary N) is 1. The Balaban J connectivity index is 1.78. The molecule has 0 radical (unpaired) electrons. The lowest BCUT2D eigenvalue weighted by Gasteiger charge is -2.33. The number of rotatable bonds is 2. The Kier molecular flexibility index (Phi) is 3.83. The molecule has 1 aliphatic carbocycles. The van der Waals surface area contributed by atoms with E-state index >= 15 is 0 Å². The zero-order chi connectivity index (χ0) is 19.3. The van der Waals surface area contributed by atoms with Gasteiger partial charge in [0.25, 0.3) is 5.56 Å². The molecule has 4 aromatic rings. The molecule has 28 heavy (non-hydrogen) atoms. The second kappa shape index (κ2) is 6.37. The van der Waals surface area contributed by atoms with E-state index in [0.717, 1.165) is 27.8 Å². The second-order valence-corrected chi connectivity index (χ2v) is 7.17. The molecule has 0 saturated carbocycles. The normalized spacial score (nSPS) is 18.4. The molecule has 3 aromatic carbocycles. The van der Waals surface area contributed by atoms with Gasteiger partial charge in [-0.2, -0.15) is 5.10 Å². The van der Waals surface area contributed by atoms with Crippen LogP contribution in [0.5, 0.6) is 0 Å². The molecule has 1 aliphatic rings. The minimum Gasteiger partial charge on any atom is -0.267 e. The van der Waals surface area contributed by atoms with E-state index in [9.17, 15) is 13.6 Å². The Hall–Kier alpha value is -3.34. The molecule has 1 aromatic heterocycles. The molecule has 5 heteroatoms. The molecular weight excluding hydrogens is 358 g/mol. The van der Waals surface area contributed by atoms with Crippen LogP contribution in [0.3, 0.4) is 0 Å². The molecule has 1 N–H and O–H groups in total. The van der Waals surface area contributed by atoms with Gasteiger partial charge in [0, 0.05) is 17.2 Å². The maximum absolute atomic E-state index is 13.5. The van der Waals surface area contributed by atoms with Gasteiger partial charge in [0.05, 0.1) is 11.1 Å². The van der Waals surface area contributed by atoms with Crippen LogP contribution in [0.4, 0.5) is 8.78 Å².